The van der Waals surface area contributed by atoms with Gasteiger partial charge in [0.05, 0.1) is 17.7 Å². The Bertz CT molecular complexity index is 845. The van der Waals surface area contributed by atoms with Crippen LogP contribution in [0.4, 0.5) is 26.3 Å². The predicted molar refractivity (Wildman–Crippen MR) is 104 cm³/mol. The number of halogens is 6. The van der Waals surface area contributed by atoms with Gasteiger partial charge in [-0.25, -0.2) is 0 Å². The normalized spacial score (nSPS) is 12.0. The summed E-state index contributed by atoms with van der Waals surface area (Å²) in [6.45, 7) is 2.08. The molecule has 9 heteroatoms. The van der Waals surface area contributed by atoms with E-state index in [4.69, 9.17) is 4.74 Å². The second kappa shape index (κ2) is 10.5. The second-order valence-electron chi connectivity index (χ2n) is 7.03. The third-order valence-electron chi connectivity index (χ3n) is 4.46. The van der Waals surface area contributed by atoms with E-state index in [1.165, 1.54) is 12.1 Å². The Morgan fingerprint density at radius 1 is 0.903 bits per heavy atom. The van der Waals surface area contributed by atoms with Crippen molar-refractivity contribution < 1.29 is 35.9 Å². The molecule has 0 aliphatic carbocycles. The molecule has 170 valence electrons. The van der Waals surface area contributed by atoms with Crippen molar-refractivity contribution in [1.82, 2.24) is 5.32 Å². The molecular formula is C22H23F6NO2. The highest BCUT2D eigenvalue weighted by molar-refractivity contribution is 5.94. The van der Waals surface area contributed by atoms with Crippen molar-refractivity contribution in [3.63, 3.8) is 0 Å². The van der Waals surface area contributed by atoms with Gasteiger partial charge in [-0.3, -0.25) is 4.79 Å². The van der Waals surface area contributed by atoms with E-state index in [1.54, 1.807) is 12.1 Å². The summed E-state index contributed by atoms with van der Waals surface area (Å²) in [4.78, 5) is 12.3. The maximum atomic E-state index is 12.9. The van der Waals surface area contributed by atoms with E-state index in [0.717, 1.165) is 25.7 Å². The quantitative estimate of drug-likeness (QED) is 0.347. The van der Waals surface area contributed by atoms with Crippen molar-refractivity contribution in [3.05, 3.63) is 64.7 Å². The van der Waals surface area contributed by atoms with E-state index in [-0.39, 0.29) is 17.2 Å². The molecule has 3 nitrogen and oxygen atoms in total. The molecule has 0 radical (unpaired) electrons. The maximum absolute atomic E-state index is 12.9. The summed E-state index contributed by atoms with van der Waals surface area (Å²) in [7, 11) is 0. The first-order chi connectivity index (χ1) is 14.5. The SMILES string of the molecule is CCCCCCOc1cccc(C(=O)NCc2cc(C(F)(F)F)cc(C(F)(F)F)c2)c1. The van der Waals surface area contributed by atoms with Crippen LogP contribution in [0.1, 0.15) is 59.7 Å². The number of hydrogen-bond acceptors (Lipinski definition) is 2. The van der Waals surface area contributed by atoms with E-state index in [0.29, 0.717) is 24.5 Å². The van der Waals surface area contributed by atoms with Gasteiger partial charge >= 0.3 is 12.4 Å². The highest BCUT2D eigenvalue weighted by Crippen LogP contribution is 2.36. The van der Waals surface area contributed by atoms with E-state index in [1.807, 2.05) is 0 Å². The molecule has 0 saturated heterocycles. The van der Waals surface area contributed by atoms with Crippen LogP contribution in [0, 0.1) is 0 Å². The Hall–Kier alpha value is -2.71. The van der Waals surface area contributed by atoms with Gasteiger partial charge in [0.15, 0.2) is 0 Å². The van der Waals surface area contributed by atoms with Crippen LogP contribution in [-0.2, 0) is 18.9 Å². The molecular weight excluding hydrogens is 424 g/mol. The molecule has 2 rings (SSSR count). The summed E-state index contributed by atoms with van der Waals surface area (Å²) >= 11 is 0. The smallest absolute Gasteiger partial charge is 0.416 e. The van der Waals surface area contributed by atoms with E-state index < -0.39 is 35.9 Å². The predicted octanol–water partition coefficient (Wildman–Crippen LogP) is 6.61. The van der Waals surface area contributed by atoms with Crippen molar-refractivity contribution in [3.8, 4) is 5.75 Å². The van der Waals surface area contributed by atoms with Crippen LogP contribution in [0.3, 0.4) is 0 Å². The number of amides is 1. The fraction of sp³-hybridized carbons (Fsp3) is 0.409. The first-order valence-corrected chi connectivity index (χ1v) is 9.80. The average Bonchev–Trinajstić information content (AvgIpc) is 2.70. The van der Waals surface area contributed by atoms with Gasteiger partial charge in [-0.2, -0.15) is 26.3 Å². The second-order valence-corrected chi connectivity index (χ2v) is 7.03. The molecule has 0 fully saturated rings. The van der Waals surface area contributed by atoms with Crippen LogP contribution in [-0.4, -0.2) is 12.5 Å². The summed E-state index contributed by atoms with van der Waals surface area (Å²) in [5, 5.41) is 2.35. The zero-order chi connectivity index (χ0) is 23.1. The van der Waals surface area contributed by atoms with Gasteiger partial charge in [-0.05, 0) is 48.4 Å². The summed E-state index contributed by atoms with van der Waals surface area (Å²) in [6.07, 6.45) is -5.82. The molecule has 31 heavy (non-hydrogen) atoms. The van der Waals surface area contributed by atoms with Crippen LogP contribution < -0.4 is 10.1 Å². The number of nitrogens with one attached hydrogen (secondary N) is 1. The number of alkyl halides is 6. The Kier molecular flexibility index (Phi) is 8.36. The third-order valence-corrected chi connectivity index (χ3v) is 4.46. The molecule has 2 aromatic carbocycles. The van der Waals surface area contributed by atoms with Gasteiger partial charge in [-0.15, -0.1) is 0 Å². The molecule has 1 amide bonds. The molecule has 0 saturated carbocycles. The number of carbonyl (C=O) groups excluding carboxylic acids is 1. The Labute approximate surface area is 176 Å². The topological polar surface area (TPSA) is 38.3 Å². The first-order valence-electron chi connectivity index (χ1n) is 9.80. The maximum Gasteiger partial charge on any atom is 0.416 e. The Morgan fingerprint density at radius 3 is 2.13 bits per heavy atom. The third kappa shape index (κ3) is 7.80. The molecule has 0 atom stereocenters. The summed E-state index contributed by atoms with van der Waals surface area (Å²) in [5.74, 6) is -0.176. The summed E-state index contributed by atoms with van der Waals surface area (Å²) in [6, 6.07) is 7.43. The molecule has 2 aromatic rings. The van der Waals surface area contributed by atoms with Crippen LogP contribution in [0.15, 0.2) is 42.5 Å². The molecule has 0 aromatic heterocycles. The Balaban J connectivity index is 2.06. The molecule has 0 spiro atoms. The summed E-state index contributed by atoms with van der Waals surface area (Å²) < 4.78 is 83.3. The minimum Gasteiger partial charge on any atom is -0.494 e. The largest absolute Gasteiger partial charge is 0.494 e. The number of rotatable bonds is 9. The van der Waals surface area contributed by atoms with Gasteiger partial charge in [0.1, 0.15) is 5.75 Å². The van der Waals surface area contributed by atoms with Crippen LogP contribution in [0.25, 0.3) is 0 Å². The van der Waals surface area contributed by atoms with Crippen molar-refractivity contribution in [1.29, 1.82) is 0 Å². The van der Waals surface area contributed by atoms with Crippen LogP contribution in [0.2, 0.25) is 0 Å². The number of hydrogen-bond donors (Lipinski definition) is 1. The molecule has 0 aliphatic heterocycles. The monoisotopic (exact) mass is 447 g/mol. The Morgan fingerprint density at radius 2 is 1.55 bits per heavy atom. The van der Waals surface area contributed by atoms with Gasteiger partial charge in [0.2, 0.25) is 0 Å². The first kappa shape index (κ1) is 24.6. The van der Waals surface area contributed by atoms with Crippen LogP contribution >= 0.6 is 0 Å². The molecule has 1 N–H and O–H groups in total. The summed E-state index contributed by atoms with van der Waals surface area (Å²) in [5.41, 5.74) is -2.97. The molecule has 0 heterocycles. The fourth-order valence-corrected chi connectivity index (χ4v) is 2.85. The minimum absolute atomic E-state index is 0.0483. The van der Waals surface area contributed by atoms with Crippen molar-refractivity contribution in [2.24, 2.45) is 0 Å². The lowest BCUT2D eigenvalue weighted by Gasteiger charge is -2.15. The minimum atomic E-state index is -4.94. The van der Waals surface area contributed by atoms with E-state index >= 15 is 0 Å². The van der Waals surface area contributed by atoms with Crippen molar-refractivity contribution >= 4 is 5.91 Å². The molecule has 0 aliphatic rings. The number of unbranched alkanes of at least 4 members (excludes halogenated alkanes) is 3. The van der Waals surface area contributed by atoms with Crippen LogP contribution in [0.5, 0.6) is 5.75 Å². The number of carbonyl (C=O) groups is 1. The van der Waals surface area contributed by atoms with Gasteiger partial charge in [0, 0.05) is 12.1 Å². The van der Waals surface area contributed by atoms with Gasteiger partial charge in [-0.1, -0.05) is 32.3 Å². The molecule has 0 unspecified atom stereocenters. The van der Waals surface area contributed by atoms with E-state index in [9.17, 15) is 31.1 Å². The standard InChI is InChI=1S/C22H23F6NO2/c1-2-3-4-5-9-31-19-8-6-7-16(12-19)20(30)29-14-15-10-17(21(23,24)25)13-18(11-15)22(26,27)28/h6-8,10-13H,2-5,9,14H2,1H3,(H,29,30). The van der Waals surface area contributed by atoms with Crippen molar-refractivity contribution in [2.75, 3.05) is 6.61 Å². The average molecular weight is 447 g/mol. The highest BCUT2D eigenvalue weighted by atomic mass is 19.4. The number of benzene rings is 2. The molecule has 0 bridgehead atoms. The van der Waals surface area contributed by atoms with Gasteiger partial charge in [0.25, 0.3) is 5.91 Å². The lowest BCUT2D eigenvalue weighted by atomic mass is 10.0. The lowest BCUT2D eigenvalue weighted by molar-refractivity contribution is -0.143. The zero-order valence-electron chi connectivity index (χ0n) is 16.9. The van der Waals surface area contributed by atoms with E-state index in [2.05, 4.69) is 12.2 Å². The number of ether oxygens (including phenoxy) is 1. The highest BCUT2D eigenvalue weighted by Gasteiger charge is 2.36. The van der Waals surface area contributed by atoms with Gasteiger partial charge < -0.3 is 10.1 Å². The van der Waals surface area contributed by atoms with Crippen molar-refractivity contribution in [2.45, 2.75) is 51.5 Å². The zero-order valence-corrected chi connectivity index (χ0v) is 16.9. The fourth-order valence-electron chi connectivity index (χ4n) is 2.85. The lowest BCUT2D eigenvalue weighted by Crippen LogP contribution is -2.23.